The highest BCUT2D eigenvalue weighted by molar-refractivity contribution is 5.15. The number of hydrogen-bond donors (Lipinski definition) is 3. The number of rotatable bonds is 2. The van der Waals surface area contributed by atoms with Crippen LogP contribution in [0.5, 0.6) is 0 Å². The van der Waals surface area contributed by atoms with E-state index in [0.717, 1.165) is 24.7 Å². The van der Waals surface area contributed by atoms with Crippen LogP contribution >= 0.6 is 0 Å². The van der Waals surface area contributed by atoms with Crippen LogP contribution in [0.25, 0.3) is 0 Å². The normalized spacial score (nSPS) is 55.4. The predicted octanol–water partition coefficient (Wildman–Crippen LogP) is 3.50. The van der Waals surface area contributed by atoms with Gasteiger partial charge in [-0.25, -0.2) is 0 Å². The molecule has 0 heterocycles. The molecule has 0 aromatic carbocycles. The molecule has 0 bridgehead atoms. The molecule has 3 nitrogen and oxygen atoms in total. The Labute approximate surface area is 146 Å². The maximum absolute atomic E-state index is 11.3. The van der Waals surface area contributed by atoms with Gasteiger partial charge in [-0.15, -0.1) is 0 Å². The summed E-state index contributed by atoms with van der Waals surface area (Å²) in [6, 6.07) is 0. The van der Waals surface area contributed by atoms with Crippen molar-refractivity contribution in [1.82, 2.24) is 0 Å². The van der Waals surface area contributed by atoms with E-state index in [1.54, 1.807) is 0 Å². The molecule has 4 aliphatic carbocycles. The van der Waals surface area contributed by atoms with Crippen molar-refractivity contribution < 1.29 is 15.3 Å². The number of aliphatic hydroxyl groups excluding tert-OH is 2. The first-order valence-electron chi connectivity index (χ1n) is 10.4. The lowest BCUT2D eigenvalue weighted by atomic mass is 9.44. The molecule has 8 atom stereocenters. The van der Waals surface area contributed by atoms with Crippen molar-refractivity contribution in [2.75, 3.05) is 6.61 Å². The third-order valence-corrected chi connectivity index (χ3v) is 9.52. The van der Waals surface area contributed by atoms with Gasteiger partial charge in [-0.05, 0) is 80.5 Å². The standard InChI is InChI=1S/C21H36O3/c1-19-10-4-3-5-14(19)6-7-15-16(19)8-11-20(2)17(15)9-12-21(20,24)18(23)13-22/h14-18,22-24H,3-13H2,1-2H3/t14-,15-,16+,17-,18+,19+,20-,21+/m1/s1. The fourth-order valence-electron chi connectivity index (χ4n) is 8.04. The van der Waals surface area contributed by atoms with Gasteiger partial charge in [-0.3, -0.25) is 0 Å². The average molecular weight is 337 g/mol. The summed E-state index contributed by atoms with van der Waals surface area (Å²) in [5, 5.41) is 31.1. The zero-order valence-electron chi connectivity index (χ0n) is 15.5. The number of aliphatic hydroxyl groups is 3. The minimum Gasteiger partial charge on any atom is -0.394 e. The van der Waals surface area contributed by atoms with Crippen LogP contribution in [-0.2, 0) is 0 Å². The van der Waals surface area contributed by atoms with Crippen LogP contribution in [0.4, 0.5) is 0 Å². The Morgan fingerprint density at radius 3 is 2.42 bits per heavy atom. The highest BCUT2D eigenvalue weighted by Gasteiger charge is 2.65. The molecular weight excluding hydrogens is 300 g/mol. The molecule has 0 aromatic rings. The fraction of sp³-hybridized carbons (Fsp3) is 1.00. The molecule has 138 valence electrons. The van der Waals surface area contributed by atoms with E-state index in [9.17, 15) is 15.3 Å². The SMILES string of the molecule is C[C@]12CCCC[C@@H]1CC[C@H]1[C@H]3CC[C@](O)([C@@H](O)CO)[C@]3(C)CC[C@@H]12. The highest BCUT2D eigenvalue weighted by atomic mass is 16.4. The van der Waals surface area contributed by atoms with Crippen molar-refractivity contribution in [2.24, 2.45) is 34.5 Å². The number of hydrogen-bond acceptors (Lipinski definition) is 3. The predicted molar refractivity (Wildman–Crippen MR) is 94.4 cm³/mol. The van der Waals surface area contributed by atoms with Crippen LogP contribution in [0.3, 0.4) is 0 Å². The van der Waals surface area contributed by atoms with Gasteiger partial charge in [0, 0.05) is 5.41 Å². The molecule has 0 amide bonds. The summed E-state index contributed by atoms with van der Waals surface area (Å²) in [6.45, 7) is 4.45. The largest absolute Gasteiger partial charge is 0.394 e. The Hall–Kier alpha value is -0.120. The second kappa shape index (κ2) is 5.69. The first-order chi connectivity index (χ1) is 11.4. The van der Waals surface area contributed by atoms with E-state index in [-0.39, 0.29) is 12.0 Å². The van der Waals surface area contributed by atoms with Gasteiger partial charge in [0.25, 0.3) is 0 Å². The molecule has 0 aliphatic heterocycles. The van der Waals surface area contributed by atoms with Crippen molar-refractivity contribution in [2.45, 2.75) is 89.8 Å². The lowest BCUT2D eigenvalue weighted by Crippen LogP contribution is -2.60. The number of fused-ring (bicyclic) bond motifs is 5. The summed E-state index contributed by atoms with van der Waals surface area (Å²) >= 11 is 0. The third-order valence-electron chi connectivity index (χ3n) is 9.52. The van der Waals surface area contributed by atoms with Gasteiger partial charge < -0.3 is 15.3 Å². The molecule has 0 saturated heterocycles. The second-order valence-electron chi connectivity index (χ2n) is 10.0. The molecule has 0 unspecified atom stereocenters. The van der Waals surface area contributed by atoms with Crippen LogP contribution in [0, 0.1) is 34.5 Å². The Bertz CT molecular complexity index is 493. The van der Waals surface area contributed by atoms with Crippen molar-refractivity contribution >= 4 is 0 Å². The monoisotopic (exact) mass is 336 g/mol. The van der Waals surface area contributed by atoms with Gasteiger partial charge in [0.15, 0.2) is 0 Å². The summed E-state index contributed by atoms with van der Waals surface area (Å²) in [5.74, 6) is 2.95. The molecule has 3 N–H and O–H groups in total. The van der Waals surface area contributed by atoms with E-state index in [2.05, 4.69) is 13.8 Å². The Balaban J connectivity index is 1.64. The van der Waals surface area contributed by atoms with Crippen molar-refractivity contribution in [3.8, 4) is 0 Å². The molecule has 0 radical (unpaired) electrons. The van der Waals surface area contributed by atoms with E-state index in [0.29, 0.717) is 23.7 Å². The molecule has 4 aliphatic rings. The van der Waals surface area contributed by atoms with Crippen molar-refractivity contribution in [1.29, 1.82) is 0 Å². The van der Waals surface area contributed by atoms with Gasteiger partial charge in [0.2, 0.25) is 0 Å². The van der Waals surface area contributed by atoms with E-state index in [1.165, 1.54) is 44.9 Å². The van der Waals surface area contributed by atoms with E-state index in [4.69, 9.17) is 0 Å². The first kappa shape index (κ1) is 17.3. The lowest BCUT2D eigenvalue weighted by molar-refractivity contribution is -0.193. The third kappa shape index (κ3) is 2.07. The smallest absolute Gasteiger partial charge is 0.106 e. The summed E-state index contributed by atoms with van der Waals surface area (Å²) in [7, 11) is 0. The molecule has 24 heavy (non-hydrogen) atoms. The maximum atomic E-state index is 11.3. The van der Waals surface area contributed by atoms with Crippen molar-refractivity contribution in [3.63, 3.8) is 0 Å². The molecule has 4 rings (SSSR count). The topological polar surface area (TPSA) is 60.7 Å². The Morgan fingerprint density at radius 1 is 0.917 bits per heavy atom. The molecule has 4 fully saturated rings. The van der Waals surface area contributed by atoms with Gasteiger partial charge in [0.1, 0.15) is 6.10 Å². The average Bonchev–Trinajstić information content (AvgIpc) is 2.86. The minimum atomic E-state index is -1.10. The fourth-order valence-corrected chi connectivity index (χ4v) is 8.04. The van der Waals surface area contributed by atoms with Gasteiger partial charge in [0.05, 0.1) is 12.2 Å². The van der Waals surface area contributed by atoms with Crippen LogP contribution < -0.4 is 0 Å². The second-order valence-corrected chi connectivity index (χ2v) is 10.0. The van der Waals surface area contributed by atoms with Crippen molar-refractivity contribution in [3.05, 3.63) is 0 Å². The van der Waals surface area contributed by atoms with Crippen LogP contribution in [0.2, 0.25) is 0 Å². The summed E-state index contributed by atoms with van der Waals surface area (Å²) in [5.41, 5.74) is -0.811. The summed E-state index contributed by atoms with van der Waals surface area (Å²) in [6.07, 6.45) is 11.2. The van der Waals surface area contributed by atoms with Crippen LogP contribution in [0.1, 0.15) is 78.1 Å². The summed E-state index contributed by atoms with van der Waals surface area (Å²) < 4.78 is 0. The zero-order chi connectivity index (χ0) is 17.2. The Kier molecular flexibility index (Phi) is 4.10. The molecular formula is C21H36O3. The molecule has 0 spiro atoms. The summed E-state index contributed by atoms with van der Waals surface area (Å²) in [4.78, 5) is 0. The van der Waals surface area contributed by atoms with E-state index >= 15 is 0 Å². The first-order valence-corrected chi connectivity index (χ1v) is 10.4. The zero-order valence-corrected chi connectivity index (χ0v) is 15.5. The van der Waals surface area contributed by atoms with E-state index < -0.39 is 11.7 Å². The maximum Gasteiger partial charge on any atom is 0.106 e. The Morgan fingerprint density at radius 2 is 1.67 bits per heavy atom. The highest BCUT2D eigenvalue weighted by Crippen LogP contribution is 2.68. The van der Waals surface area contributed by atoms with Gasteiger partial charge >= 0.3 is 0 Å². The van der Waals surface area contributed by atoms with Crippen LogP contribution in [-0.4, -0.2) is 33.6 Å². The molecule has 0 aromatic heterocycles. The lowest BCUT2D eigenvalue weighted by Gasteiger charge is -2.61. The molecule has 3 heteroatoms. The van der Waals surface area contributed by atoms with Crippen LogP contribution in [0.15, 0.2) is 0 Å². The quantitative estimate of drug-likeness (QED) is 0.723. The molecule has 4 saturated carbocycles. The minimum absolute atomic E-state index is 0.228. The van der Waals surface area contributed by atoms with Gasteiger partial charge in [-0.1, -0.05) is 26.7 Å². The van der Waals surface area contributed by atoms with Gasteiger partial charge in [-0.2, -0.15) is 0 Å². The van der Waals surface area contributed by atoms with E-state index in [1.807, 2.05) is 0 Å².